The first-order chi connectivity index (χ1) is 13.1. The Morgan fingerprint density at radius 2 is 2.00 bits per heavy atom. The van der Waals surface area contributed by atoms with Gasteiger partial charge in [0, 0.05) is 18.3 Å². The summed E-state index contributed by atoms with van der Waals surface area (Å²) in [6, 6.07) is 0. The van der Waals surface area contributed by atoms with Crippen LogP contribution in [-0.4, -0.2) is 28.6 Å². The van der Waals surface area contributed by atoms with Crippen molar-refractivity contribution in [3.63, 3.8) is 0 Å². The number of hydrogen-bond acceptors (Lipinski definition) is 6. The number of carbonyl (C=O) groups excluding carboxylic acids is 1. The van der Waals surface area contributed by atoms with E-state index in [-0.39, 0.29) is 21.7 Å². The molecule has 0 saturated carbocycles. The van der Waals surface area contributed by atoms with Gasteiger partial charge in [-0.1, -0.05) is 41.2 Å². The minimum absolute atomic E-state index is 0.0155. The number of hydrogen-bond donors (Lipinski definition) is 1. The first-order valence-corrected chi connectivity index (χ1v) is 10.0. The SMILES string of the molecule is C/C=C\C=C(/C=N)c1nc(Cl)c(N(CC)C(=O)c2sc(C)nc2C(F)(F)F)s1. The van der Waals surface area contributed by atoms with E-state index in [2.05, 4.69) is 9.97 Å². The summed E-state index contributed by atoms with van der Waals surface area (Å²) in [4.78, 5) is 21.2. The molecule has 0 spiro atoms. The van der Waals surface area contributed by atoms with Crippen molar-refractivity contribution in [3.8, 4) is 0 Å². The monoisotopic (exact) mass is 448 g/mol. The molecule has 0 radical (unpaired) electrons. The molecule has 0 unspecified atom stereocenters. The van der Waals surface area contributed by atoms with E-state index in [1.54, 1.807) is 25.2 Å². The summed E-state index contributed by atoms with van der Waals surface area (Å²) in [6.07, 6.45) is 1.49. The first kappa shape index (κ1) is 22.3. The average molecular weight is 449 g/mol. The van der Waals surface area contributed by atoms with E-state index in [0.29, 0.717) is 21.9 Å². The van der Waals surface area contributed by atoms with E-state index in [1.165, 1.54) is 6.92 Å². The fraction of sp³-hybridized carbons (Fsp3) is 0.294. The third-order valence-corrected chi connectivity index (χ3v) is 5.91. The fourth-order valence-electron chi connectivity index (χ4n) is 2.23. The number of nitrogens with one attached hydrogen (secondary N) is 1. The van der Waals surface area contributed by atoms with Gasteiger partial charge in [0.25, 0.3) is 5.91 Å². The maximum atomic E-state index is 13.2. The Balaban J connectivity index is 2.50. The van der Waals surface area contributed by atoms with Gasteiger partial charge in [0.15, 0.2) is 10.8 Å². The lowest BCUT2D eigenvalue weighted by atomic mass is 10.3. The zero-order valence-corrected chi connectivity index (χ0v) is 17.5. The highest BCUT2D eigenvalue weighted by molar-refractivity contribution is 7.18. The number of halogens is 4. The predicted molar refractivity (Wildman–Crippen MR) is 108 cm³/mol. The minimum Gasteiger partial charge on any atom is -0.308 e. The molecular weight excluding hydrogens is 433 g/mol. The molecule has 0 fully saturated rings. The number of aryl methyl sites for hydroxylation is 1. The van der Waals surface area contributed by atoms with Crippen molar-refractivity contribution < 1.29 is 18.0 Å². The second-order valence-electron chi connectivity index (χ2n) is 5.36. The summed E-state index contributed by atoms with van der Waals surface area (Å²) in [5.41, 5.74) is -0.739. The summed E-state index contributed by atoms with van der Waals surface area (Å²) in [6.45, 7) is 4.94. The first-order valence-electron chi connectivity index (χ1n) is 8.00. The van der Waals surface area contributed by atoms with Crippen molar-refractivity contribution in [3.05, 3.63) is 44.0 Å². The Labute approximate surface area is 172 Å². The molecule has 0 aliphatic heterocycles. The van der Waals surface area contributed by atoms with E-state index in [1.807, 2.05) is 6.92 Å². The molecule has 0 bridgehead atoms. The molecule has 2 aromatic rings. The van der Waals surface area contributed by atoms with Crippen LogP contribution in [0.25, 0.3) is 5.57 Å². The normalized spacial score (nSPS) is 12.6. The molecule has 28 heavy (non-hydrogen) atoms. The highest BCUT2D eigenvalue weighted by Crippen LogP contribution is 2.39. The van der Waals surface area contributed by atoms with Gasteiger partial charge in [0.05, 0.1) is 5.01 Å². The topological polar surface area (TPSA) is 69.9 Å². The van der Waals surface area contributed by atoms with Crippen LogP contribution in [-0.2, 0) is 6.18 Å². The summed E-state index contributed by atoms with van der Waals surface area (Å²) >= 11 is 7.89. The van der Waals surface area contributed by atoms with Gasteiger partial charge in [-0.25, -0.2) is 9.97 Å². The van der Waals surface area contributed by atoms with Gasteiger partial charge in [-0.15, -0.1) is 11.3 Å². The lowest BCUT2D eigenvalue weighted by Gasteiger charge is -2.19. The van der Waals surface area contributed by atoms with Gasteiger partial charge >= 0.3 is 6.18 Å². The Morgan fingerprint density at radius 1 is 1.32 bits per heavy atom. The quantitative estimate of drug-likeness (QED) is 0.444. The molecule has 5 nitrogen and oxygen atoms in total. The van der Waals surface area contributed by atoms with E-state index in [0.717, 1.165) is 22.5 Å². The lowest BCUT2D eigenvalue weighted by molar-refractivity contribution is -0.141. The lowest BCUT2D eigenvalue weighted by Crippen LogP contribution is -2.31. The Morgan fingerprint density at radius 3 is 2.54 bits per heavy atom. The molecule has 150 valence electrons. The third kappa shape index (κ3) is 4.68. The summed E-state index contributed by atoms with van der Waals surface area (Å²) in [5.74, 6) is -0.841. The Hall–Kier alpha value is -2.04. The van der Waals surface area contributed by atoms with Crippen molar-refractivity contribution in [2.24, 2.45) is 0 Å². The number of thiazole rings is 2. The van der Waals surface area contributed by atoms with Crippen molar-refractivity contribution in [1.82, 2.24) is 9.97 Å². The van der Waals surface area contributed by atoms with Crippen LogP contribution in [0.1, 0.15) is 39.2 Å². The molecule has 0 aliphatic carbocycles. The molecule has 11 heteroatoms. The van der Waals surface area contributed by atoms with Crippen LogP contribution < -0.4 is 4.90 Å². The molecule has 0 atom stereocenters. The van der Waals surface area contributed by atoms with Crippen molar-refractivity contribution in [2.75, 3.05) is 11.4 Å². The van der Waals surface area contributed by atoms with Gasteiger partial charge < -0.3 is 5.41 Å². The van der Waals surface area contributed by atoms with Crippen LogP contribution in [0.3, 0.4) is 0 Å². The standard InChI is InChI=1S/C17H16ClF3N4OS2/c1-4-6-7-10(8-22)14-24-13(18)16(28-14)25(5-2)15(26)11-12(17(19,20)21)23-9(3)27-11/h4,6-8,22H,5H2,1-3H3/b6-4-,10-7+,22-8?. The van der Waals surface area contributed by atoms with Crippen molar-refractivity contribution >= 4 is 57.0 Å². The van der Waals surface area contributed by atoms with Crippen LogP contribution in [0.4, 0.5) is 18.2 Å². The van der Waals surface area contributed by atoms with Crippen LogP contribution in [0.2, 0.25) is 5.15 Å². The zero-order chi connectivity index (χ0) is 21.1. The molecule has 1 N–H and O–H groups in total. The highest BCUT2D eigenvalue weighted by Gasteiger charge is 2.40. The predicted octanol–water partition coefficient (Wildman–Crippen LogP) is 5.86. The van der Waals surface area contributed by atoms with Crippen molar-refractivity contribution in [2.45, 2.75) is 26.9 Å². The van der Waals surface area contributed by atoms with E-state index in [4.69, 9.17) is 17.0 Å². The number of amides is 1. The Bertz CT molecular complexity index is 947. The average Bonchev–Trinajstić information content (AvgIpc) is 3.20. The number of rotatable bonds is 6. The molecule has 1 amide bonds. The summed E-state index contributed by atoms with van der Waals surface area (Å²) < 4.78 is 39.7. The number of allylic oxidation sites excluding steroid dienone is 4. The maximum absolute atomic E-state index is 13.2. The minimum atomic E-state index is -4.74. The number of aromatic nitrogens is 2. The van der Waals surface area contributed by atoms with Crippen molar-refractivity contribution in [1.29, 1.82) is 5.41 Å². The second-order valence-corrected chi connectivity index (χ2v) is 7.90. The third-order valence-electron chi connectivity index (χ3n) is 3.44. The zero-order valence-electron chi connectivity index (χ0n) is 15.1. The molecule has 2 rings (SSSR count). The molecule has 0 aromatic carbocycles. The summed E-state index contributed by atoms with van der Waals surface area (Å²) in [7, 11) is 0. The number of nitrogens with zero attached hydrogens (tertiary/aromatic N) is 3. The van der Waals surface area contributed by atoms with E-state index >= 15 is 0 Å². The number of alkyl halides is 3. The van der Waals surface area contributed by atoms with Crippen LogP contribution in [0.5, 0.6) is 0 Å². The fourth-order valence-corrected chi connectivity index (χ4v) is 4.49. The number of carbonyl (C=O) groups is 1. The van der Waals surface area contributed by atoms with Gasteiger partial charge in [0.2, 0.25) is 0 Å². The van der Waals surface area contributed by atoms with Gasteiger partial charge in [0.1, 0.15) is 14.9 Å². The van der Waals surface area contributed by atoms with Crippen LogP contribution >= 0.6 is 34.3 Å². The largest absolute Gasteiger partial charge is 0.435 e. The van der Waals surface area contributed by atoms with Crippen LogP contribution in [0.15, 0.2) is 18.2 Å². The molecular formula is C17H16ClF3N4OS2. The molecule has 0 aliphatic rings. The van der Waals surface area contributed by atoms with Gasteiger partial charge in [-0.2, -0.15) is 13.2 Å². The molecule has 0 saturated heterocycles. The van der Waals surface area contributed by atoms with Gasteiger partial charge in [-0.05, 0) is 20.8 Å². The molecule has 2 aromatic heterocycles. The van der Waals surface area contributed by atoms with Crippen LogP contribution in [0, 0.1) is 12.3 Å². The highest BCUT2D eigenvalue weighted by atomic mass is 35.5. The van der Waals surface area contributed by atoms with Gasteiger partial charge in [-0.3, -0.25) is 9.69 Å². The number of anilines is 1. The Kier molecular flexibility index (Phi) is 7.13. The molecule has 2 heterocycles. The second kappa shape index (κ2) is 8.97. The van der Waals surface area contributed by atoms with E-state index < -0.39 is 22.7 Å². The summed E-state index contributed by atoms with van der Waals surface area (Å²) in [5, 5.41) is 8.24. The van der Waals surface area contributed by atoms with E-state index in [9.17, 15) is 18.0 Å². The maximum Gasteiger partial charge on any atom is 0.435 e. The smallest absolute Gasteiger partial charge is 0.308 e.